The number of rotatable bonds is 10. The van der Waals surface area contributed by atoms with Crippen LogP contribution in [0.25, 0.3) is 11.1 Å². The fraction of sp³-hybridized carbons (Fsp3) is 0.172. The largest absolute Gasteiger partial charge is 0.494 e. The maximum Gasteiger partial charge on any atom is 0.161 e. The zero-order valence-corrected chi connectivity index (χ0v) is 20.3. The van der Waals surface area contributed by atoms with Gasteiger partial charge in [-0.15, -0.1) is 0 Å². The van der Waals surface area contributed by atoms with E-state index in [1.807, 2.05) is 66.7 Å². The molecule has 4 aromatic rings. The Morgan fingerprint density at radius 3 is 2.56 bits per heavy atom. The summed E-state index contributed by atoms with van der Waals surface area (Å²) in [5.74, 6) is 1.96. The van der Waals surface area contributed by atoms with Crippen LogP contribution in [0.15, 0.2) is 79.1 Å². The minimum absolute atomic E-state index is 0.425. The molecule has 7 heteroatoms. The molecular weight excluding hydrogens is 452 g/mol. The first-order valence-electron chi connectivity index (χ1n) is 11.6. The highest BCUT2D eigenvalue weighted by atomic mass is 16.5. The molecular formula is C29H28N4O3. The van der Waals surface area contributed by atoms with Crippen molar-refractivity contribution in [1.82, 2.24) is 4.98 Å². The molecule has 0 saturated heterocycles. The number of ether oxygens (including phenoxy) is 3. The first-order chi connectivity index (χ1) is 17.6. The highest BCUT2D eigenvalue weighted by Crippen LogP contribution is 2.37. The smallest absolute Gasteiger partial charge is 0.161 e. The Labute approximate surface area is 211 Å². The summed E-state index contributed by atoms with van der Waals surface area (Å²) in [5.41, 5.74) is 11.4. The standard InChI is InChI=1S/C29H28N4O3/c1-34-27-13-12-21(15-28(27)35-2)25-19-32-18-22(17-30)29(25)33-23-9-5-10-24(16-23)36-14-6-8-20-7-3-4-11-26(20)31/h3-5,7,9-13,15-16,18-19H,6,8,14,31H2,1-2H3,(H,32,33). The van der Waals surface area contributed by atoms with Crippen LogP contribution in [-0.4, -0.2) is 25.8 Å². The zero-order valence-electron chi connectivity index (χ0n) is 20.3. The lowest BCUT2D eigenvalue weighted by Gasteiger charge is -2.16. The number of aromatic nitrogens is 1. The summed E-state index contributed by atoms with van der Waals surface area (Å²) in [5, 5.41) is 13.1. The maximum absolute atomic E-state index is 9.75. The fourth-order valence-corrected chi connectivity index (χ4v) is 3.93. The van der Waals surface area contributed by atoms with Crippen molar-refractivity contribution in [3.05, 3.63) is 90.3 Å². The van der Waals surface area contributed by atoms with E-state index in [4.69, 9.17) is 19.9 Å². The molecule has 0 spiro atoms. The molecule has 1 aromatic heterocycles. The van der Waals surface area contributed by atoms with Crippen LogP contribution in [0.4, 0.5) is 17.1 Å². The number of anilines is 3. The lowest BCUT2D eigenvalue weighted by Crippen LogP contribution is -2.02. The number of hydrogen-bond donors (Lipinski definition) is 2. The number of pyridine rings is 1. The van der Waals surface area contributed by atoms with E-state index >= 15 is 0 Å². The molecule has 0 unspecified atom stereocenters. The molecule has 0 atom stereocenters. The van der Waals surface area contributed by atoms with Crippen LogP contribution in [0.2, 0.25) is 0 Å². The van der Waals surface area contributed by atoms with Gasteiger partial charge in [0.05, 0.1) is 32.1 Å². The molecule has 36 heavy (non-hydrogen) atoms. The molecule has 0 bridgehead atoms. The molecule has 0 fully saturated rings. The first kappa shape index (κ1) is 24.4. The third-order valence-corrected chi connectivity index (χ3v) is 5.78. The average molecular weight is 481 g/mol. The van der Waals surface area contributed by atoms with E-state index in [9.17, 15) is 5.26 Å². The minimum Gasteiger partial charge on any atom is -0.494 e. The first-order valence-corrected chi connectivity index (χ1v) is 11.6. The van der Waals surface area contributed by atoms with E-state index in [-0.39, 0.29) is 0 Å². The third-order valence-electron chi connectivity index (χ3n) is 5.78. The predicted octanol–water partition coefficient (Wildman–Crippen LogP) is 5.97. The van der Waals surface area contributed by atoms with Crippen LogP contribution in [-0.2, 0) is 6.42 Å². The summed E-state index contributed by atoms with van der Waals surface area (Å²) in [4.78, 5) is 4.26. The van der Waals surface area contributed by atoms with Gasteiger partial charge in [0, 0.05) is 35.4 Å². The molecule has 0 radical (unpaired) electrons. The Morgan fingerprint density at radius 2 is 1.78 bits per heavy atom. The van der Waals surface area contributed by atoms with Gasteiger partial charge < -0.3 is 25.3 Å². The van der Waals surface area contributed by atoms with Gasteiger partial charge in [0.2, 0.25) is 0 Å². The van der Waals surface area contributed by atoms with E-state index in [1.165, 1.54) is 0 Å². The van der Waals surface area contributed by atoms with Gasteiger partial charge in [0.1, 0.15) is 11.8 Å². The SMILES string of the molecule is COc1ccc(-c2cncc(C#N)c2Nc2cccc(OCCCc3ccccc3N)c2)cc1OC. The third kappa shape index (κ3) is 5.68. The van der Waals surface area contributed by atoms with Crippen molar-refractivity contribution in [3.63, 3.8) is 0 Å². The second-order valence-electron chi connectivity index (χ2n) is 8.09. The number of aryl methyl sites for hydroxylation is 1. The molecule has 3 N–H and O–H groups in total. The molecule has 7 nitrogen and oxygen atoms in total. The molecule has 0 aliphatic rings. The van der Waals surface area contributed by atoms with Crippen LogP contribution >= 0.6 is 0 Å². The van der Waals surface area contributed by atoms with Gasteiger partial charge in [-0.3, -0.25) is 4.98 Å². The number of para-hydroxylation sites is 1. The second-order valence-corrected chi connectivity index (χ2v) is 8.09. The van der Waals surface area contributed by atoms with Crippen LogP contribution in [0.3, 0.4) is 0 Å². The molecule has 3 aromatic carbocycles. The van der Waals surface area contributed by atoms with Gasteiger partial charge in [0.25, 0.3) is 0 Å². The van der Waals surface area contributed by atoms with Gasteiger partial charge in [-0.05, 0) is 54.3 Å². The normalized spacial score (nSPS) is 10.4. The van der Waals surface area contributed by atoms with Crippen molar-refractivity contribution in [2.45, 2.75) is 12.8 Å². The van der Waals surface area contributed by atoms with Crippen LogP contribution in [0, 0.1) is 11.3 Å². The molecule has 182 valence electrons. The summed E-state index contributed by atoms with van der Waals surface area (Å²) in [6.45, 7) is 0.563. The highest BCUT2D eigenvalue weighted by Gasteiger charge is 2.14. The fourth-order valence-electron chi connectivity index (χ4n) is 3.93. The lowest BCUT2D eigenvalue weighted by molar-refractivity contribution is 0.311. The Kier molecular flexibility index (Phi) is 7.89. The minimum atomic E-state index is 0.425. The summed E-state index contributed by atoms with van der Waals surface area (Å²) < 4.78 is 16.8. The maximum atomic E-state index is 9.75. The number of nitrogens with one attached hydrogen (secondary N) is 1. The summed E-state index contributed by atoms with van der Waals surface area (Å²) >= 11 is 0. The quantitative estimate of drug-likeness (QED) is 0.213. The number of hydrogen-bond acceptors (Lipinski definition) is 7. The van der Waals surface area contributed by atoms with E-state index in [0.717, 1.165) is 46.7 Å². The molecule has 0 amide bonds. The molecule has 4 rings (SSSR count). The molecule has 1 heterocycles. The Hall–Kier alpha value is -4.70. The van der Waals surface area contributed by atoms with E-state index in [0.29, 0.717) is 29.4 Å². The highest BCUT2D eigenvalue weighted by molar-refractivity contribution is 5.85. The predicted molar refractivity (Wildman–Crippen MR) is 142 cm³/mol. The Balaban J connectivity index is 1.52. The summed E-state index contributed by atoms with van der Waals surface area (Å²) in [6.07, 6.45) is 4.96. The van der Waals surface area contributed by atoms with Gasteiger partial charge in [-0.1, -0.05) is 30.3 Å². The monoisotopic (exact) mass is 480 g/mol. The van der Waals surface area contributed by atoms with E-state index in [1.54, 1.807) is 26.6 Å². The van der Waals surface area contributed by atoms with Crippen molar-refractivity contribution >= 4 is 17.1 Å². The number of nitrogens with zero attached hydrogens (tertiary/aromatic N) is 2. The van der Waals surface area contributed by atoms with Crippen molar-refractivity contribution < 1.29 is 14.2 Å². The van der Waals surface area contributed by atoms with Gasteiger partial charge in [-0.25, -0.2) is 0 Å². The zero-order chi connectivity index (χ0) is 25.3. The summed E-state index contributed by atoms with van der Waals surface area (Å²) in [6, 6.07) is 23.4. The van der Waals surface area contributed by atoms with Crippen LogP contribution in [0.1, 0.15) is 17.5 Å². The number of nitrogen functional groups attached to an aromatic ring is 1. The topological polar surface area (TPSA) is 102 Å². The van der Waals surface area contributed by atoms with E-state index in [2.05, 4.69) is 16.4 Å². The summed E-state index contributed by atoms with van der Waals surface area (Å²) in [7, 11) is 3.18. The molecule has 0 aliphatic carbocycles. The number of nitriles is 1. The Morgan fingerprint density at radius 1 is 0.944 bits per heavy atom. The van der Waals surface area contributed by atoms with Crippen LogP contribution in [0.5, 0.6) is 17.2 Å². The number of nitrogens with two attached hydrogens (primary N) is 1. The van der Waals surface area contributed by atoms with Crippen molar-refractivity contribution in [3.8, 4) is 34.4 Å². The lowest BCUT2D eigenvalue weighted by atomic mass is 10.0. The Bertz CT molecular complexity index is 1380. The average Bonchev–Trinajstić information content (AvgIpc) is 2.92. The van der Waals surface area contributed by atoms with Crippen LogP contribution < -0.4 is 25.3 Å². The molecule has 0 aliphatic heterocycles. The van der Waals surface area contributed by atoms with Gasteiger partial charge in [0.15, 0.2) is 11.5 Å². The second kappa shape index (κ2) is 11.6. The van der Waals surface area contributed by atoms with Crippen molar-refractivity contribution in [1.29, 1.82) is 5.26 Å². The van der Waals surface area contributed by atoms with Crippen molar-refractivity contribution in [2.75, 3.05) is 31.9 Å². The van der Waals surface area contributed by atoms with E-state index < -0.39 is 0 Å². The van der Waals surface area contributed by atoms with Gasteiger partial charge in [-0.2, -0.15) is 5.26 Å². The van der Waals surface area contributed by atoms with Crippen molar-refractivity contribution in [2.24, 2.45) is 0 Å². The number of methoxy groups -OCH3 is 2. The number of benzene rings is 3. The van der Waals surface area contributed by atoms with Gasteiger partial charge >= 0.3 is 0 Å². The molecule has 0 saturated carbocycles.